The van der Waals surface area contributed by atoms with Gasteiger partial charge in [0.05, 0.1) is 25.3 Å². The highest BCUT2D eigenvalue weighted by atomic mass is 16.5. The van der Waals surface area contributed by atoms with E-state index < -0.39 is 23.5 Å². The molecular formula is C27H30N2O6. The van der Waals surface area contributed by atoms with Crippen LogP contribution in [-0.2, 0) is 9.53 Å². The van der Waals surface area contributed by atoms with Gasteiger partial charge < -0.3 is 28.8 Å². The molecule has 0 spiro atoms. The molecule has 1 atom stereocenters. The first-order valence-corrected chi connectivity index (χ1v) is 11.6. The normalized spacial score (nSPS) is 15.8. The molecule has 0 radical (unpaired) electrons. The first-order chi connectivity index (χ1) is 16.9. The fourth-order valence-corrected chi connectivity index (χ4v) is 4.55. The third-order valence-corrected chi connectivity index (χ3v) is 6.37. The van der Waals surface area contributed by atoms with Gasteiger partial charge in [0, 0.05) is 37.8 Å². The highest BCUT2D eigenvalue weighted by molar-refractivity contribution is 6.16. The lowest BCUT2D eigenvalue weighted by Gasteiger charge is -2.27. The van der Waals surface area contributed by atoms with Crippen molar-refractivity contribution in [3.05, 3.63) is 71.2 Å². The fraction of sp³-hybridized carbons (Fsp3) is 0.333. The zero-order chi connectivity index (χ0) is 25.1. The van der Waals surface area contributed by atoms with Crippen LogP contribution in [0, 0.1) is 0 Å². The first-order valence-electron chi connectivity index (χ1n) is 11.6. The van der Waals surface area contributed by atoms with Crippen molar-refractivity contribution < 1.29 is 28.6 Å². The van der Waals surface area contributed by atoms with Crippen LogP contribution in [-0.4, -0.2) is 62.2 Å². The summed E-state index contributed by atoms with van der Waals surface area (Å²) < 4.78 is 16.4. The second-order valence-corrected chi connectivity index (χ2v) is 8.24. The fourth-order valence-electron chi connectivity index (χ4n) is 4.55. The van der Waals surface area contributed by atoms with Crippen LogP contribution in [0.4, 0.5) is 5.69 Å². The van der Waals surface area contributed by atoms with Gasteiger partial charge in [0.15, 0.2) is 22.9 Å². The molecule has 2 aromatic carbocycles. The molecule has 0 saturated heterocycles. The van der Waals surface area contributed by atoms with Gasteiger partial charge in [0.2, 0.25) is 5.78 Å². The van der Waals surface area contributed by atoms with Crippen molar-refractivity contribution in [1.82, 2.24) is 4.90 Å². The van der Waals surface area contributed by atoms with E-state index in [9.17, 15) is 14.7 Å². The lowest BCUT2D eigenvalue weighted by Crippen LogP contribution is -2.34. The van der Waals surface area contributed by atoms with Gasteiger partial charge in [-0.25, -0.2) is 0 Å². The number of methoxy groups -OCH3 is 2. The van der Waals surface area contributed by atoms with E-state index in [1.807, 2.05) is 24.3 Å². The Bertz CT molecular complexity index is 1260. The van der Waals surface area contributed by atoms with E-state index in [4.69, 9.17) is 13.9 Å². The van der Waals surface area contributed by atoms with Crippen molar-refractivity contribution in [3.8, 4) is 5.75 Å². The molecule has 8 nitrogen and oxygen atoms in total. The lowest BCUT2D eigenvalue weighted by atomic mass is 9.94. The molecular weight excluding hydrogens is 448 g/mol. The Balaban J connectivity index is 1.77. The summed E-state index contributed by atoms with van der Waals surface area (Å²) in [6.45, 7) is 6.36. The minimum Gasteiger partial charge on any atom is -0.503 e. The Morgan fingerprint density at radius 3 is 2.46 bits per heavy atom. The van der Waals surface area contributed by atoms with Gasteiger partial charge in [-0.1, -0.05) is 24.3 Å². The molecule has 0 bridgehead atoms. The summed E-state index contributed by atoms with van der Waals surface area (Å²) in [4.78, 5) is 30.4. The molecule has 0 saturated carbocycles. The number of aliphatic hydroxyl groups is 1. The maximum Gasteiger partial charge on any atom is 0.290 e. The molecule has 3 aromatic rings. The number of rotatable bonds is 10. The Morgan fingerprint density at radius 2 is 1.83 bits per heavy atom. The number of carbonyl (C=O) groups excluding carboxylic acids is 2. The Kier molecular flexibility index (Phi) is 7.12. The highest BCUT2D eigenvalue weighted by Gasteiger charge is 2.44. The number of para-hydroxylation sites is 1. The van der Waals surface area contributed by atoms with Gasteiger partial charge in [-0.05, 0) is 43.7 Å². The number of fused-ring (bicyclic) bond motifs is 1. The van der Waals surface area contributed by atoms with Gasteiger partial charge in [-0.15, -0.1) is 0 Å². The number of ketones is 1. The number of hydrogen-bond donors (Lipinski definition) is 1. The molecule has 1 unspecified atom stereocenters. The third-order valence-electron chi connectivity index (χ3n) is 6.37. The first kappa shape index (κ1) is 24.3. The zero-order valence-electron chi connectivity index (χ0n) is 20.4. The van der Waals surface area contributed by atoms with Gasteiger partial charge in [0.1, 0.15) is 0 Å². The van der Waals surface area contributed by atoms with Crippen molar-refractivity contribution in [2.45, 2.75) is 19.9 Å². The smallest absolute Gasteiger partial charge is 0.290 e. The molecule has 184 valence electrons. The summed E-state index contributed by atoms with van der Waals surface area (Å²) in [5, 5.41) is 11.5. The number of benzene rings is 2. The third kappa shape index (κ3) is 4.37. The number of anilines is 1. The predicted molar refractivity (Wildman–Crippen MR) is 133 cm³/mol. The van der Waals surface area contributed by atoms with Crippen molar-refractivity contribution in [3.63, 3.8) is 0 Å². The van der Waals surface area contributed by atoms with Gasteiger partial charge >= 0.3 is 0 Å². The standard InChI is InChI=1S/C27H30N2O6/c1-5-28(6-2)19-12-10-17(11-13-19)23-22(25(31)27(32)29(23)14-15-33-3)24(30)21-16-18-8-7-9-20(34-4)26(18)35-21/h7-13,16,23,31H,5-6,14-15H2,1-4H3. The Labute approximate surface area is 204 Å². The van der Waals surface area contributed by atoms with Crippen LogP contribution < -0.4 is 9.64 Å². The number of aliphatic hydroxyl groups excluding tert-OH is 1. The molecule has 2 heterocycles. The van der Waals surface area contributed by atoms with Crippen LogP contribution in [0.3, 0.4) is 0 Å². The van der Waals surface area contributed by atoms with Crippen LogP contribution in [0.25, 0.3) is 11.0 Å². The van der Waals surface area contributed by atoms with Crippen molar-refractivity contribution in [1.29, 1.82) is 0 Å². The van der Waals surface area contributed by atoms with Crippen LogP contribution in [0.1, 0.15) is 36.0 Å². The molecule has 0 aliphatic carbocycles. The van der Waals surface area contributed by atoms with E-state index >= 15 is 0 Å². The van der Waals surface area contributed by atoms with Crippen molar-refractivity contribution in [2.24, 2.45) is 0 Å². The molecule has 1 aliphatic heterocycles. The average molecular weight is 479 g/mol. The maximum absolute atomic E-state index is 13.7. The molecule has 1 aliphatic rings. The van der Waals surface area contributed by atoms with Crippen molar-refractivity contribution in [2.75, 3.05) is 45.4 Å². The molecule has 8 heteroatoms. The number of Topliss-reactive ketones (excluding diaryl/α,β-unsaturated/α-hetero) is 1. The second kappa shape index (κ2) is 10.2. The summed E-state index contributed by atoms with van der Waals surface area (Å²) >= 11 is 0. The number of amides is 1. The molecule has 4 rings (SSSR count). The minimum absolute atomic E-state index is 0.0142. The van der Waals surface area contributed by atoms with Gasteiger partial charge in [-0.2, -0.15) is 0 Å². The quantitative estimate of drug-likeness (QED) is 0.429. The Hall–Kier alpha value is -3.78. The highest BCUT2D eigenvalue weighted by Crippen LogP contribution is 2.40. The molecule has 1 aromatic heterocycles. The van der Waals surface area contributed by atoms with E-state index in [2.05, 4.69) is 18.7 Å². The van der Waals surface area contributed by atoms with Crippen molar-refractivity contribution >= 4 is 28.3 Å². The molecule has 35 heavy (non-hydrogen) atoms. The van der Waals surface area contributed by atoms with Crippen LogP contribution in [0.2, 0.25) is 0 Å². The SMILES string of the molecule is CCN(CC)c1ccc(C2C(C(=O)c3cc4cccc(OC)c4o3)=C(O)C(=O)N2CCOC)cc1. The van der Waals surface area contributed by atoms with E-state index in [1.165, 1.54) is 19.1 Å². The molecule has 0 fully saturated rings. The second-order valence-electron chi connectivity index (χ2n) is 8.24. The number of nitrogens with zero attached hydrogens (tertiary/aromatic N) is 2. The maximum atomic E-state index is 13.7. The average Bonchev–Trinajstić information content (AvgIpc) is 3.43. The van der Waals surface area contributed by atoms with Gasteiger partial charge in [0.25, 0.3) is 5.91 Å². The zero-order valence-corrected chi connectivity index (χ0v) is 20.4. The number of carbonyl (C=O) groups is 2. The number of ether oxygens (including phenoxy) is 2. The van der Waals surface area contributed by atoms with E-state index in [0.29, 0.717) is 22.3 Å². The van der Waals surface area contributed by atoms with E-state index in [0.717, 1.165) is 18.8 Å². The van der Waals surface area contributed by atoms with Crippen LogP contribution in [0.5, 0.6) is 5.75 Å². The topological polar surface area (TPSA) is 92.5 Å². The van der Waals surface area contributed by atoms with Crippen LogP contribution >= 0.6 is 0 Å². The van der Waals surface area contributed by atoms with E-state index in [-0.39, 0.29) is 24.5 Å². The van der Waals surface area contributed by atoms with Crippen LogP contribution in [0.15, 0.2) is 64.3 Å². The largest absolute Gasteiger partial charge is 0.503 e. The minimum atomic E-state index is -0.772. The summed E-state index contributed by atoms with van der Waals surface area (Å²) in [7, 11) is 3.06. The number of furan rings is 1. The summed E-state index contributed by atoms with van der Waals surface area (Å²) in [6, 6.07) is 13.9. The Morgan fingerprint density at radius 1 is 1.11 bits per heavy atom. The summed E-state index contributed by atoms with van der Waals surface area (Å²) in [5.41, 5.74) is 2.17. The summed E-state index contributed by atoms with van der Waals surface area (Å²) in [5.74, 6) is -1.22. The molecule has 1 amide bonds. The van der Waals surface area contributed by atoms with E-state index in [1.54, 1.807) is 24.3 Å². The number of hydrogen-bond acceptors (Lipinski definition) is 7. The molecule has 1 N–H and O–H groups in total. The summed E-state index contributed by atoms with van der Waals surface area (Å²) in [6.07, 6.45) is 0. The van der Waals surface area contributed by atoms with Gasteiger partial charge in [-0.3, -0.25) is 9.59 Å². The monoisotopic (exact) mass is 478 g/mol. The predicted octanol–water partition coefficient (Wildman–Crippen LogP) is 4.51. The lowest BCUT2D eigenvalue weighted by molar-refractivity contribution is -0.130.